The molecular formula is C18H28O4. The molecule has 1 aromatic carbocycles. The highest BCUT2D eigenvalue weighted by atomic mass is 16.4. The SMILES string of the molecule is C/C=C(\CCCC)C(=O)O.CC.Cc1ccc(C(=O)O)cc1. The molecule has 0 fully saturated rings. The zero-order valence-corrected chi connectivity index (χ0v) is 14.2. The summed E-state index contributed by atoms with van der Waals surface area (Å²) >= 11 is 0. The number of aromatic carboxylic acids is 1. The Hall–Kier alpha value is -2.10. The van der Waals surface area contributed by atoms with Crippen LogP contribution in [0, 0.1) is 6.92 Å². The van der Waals surface area contributed by atoms with Crippen molar-refractivity contribution in [3.63, 3.8) is 0 Å². The molecule has 0 unspecified atom stereocenters. The van der Waals surface area contributed by atoms with Crippen LogP contribution in [0.4, 0.5) is 0 Å². The molecule has 0 atom stereocenters. The van der Waals surface area contributed by atoms with Crippen molar-refractivity contribution in [1.29, 1.82) is 0 Å². The molecule has 0 saturated heterocycles. The first-order valence-corrected chi connectivity index (χ1v) is 7.60. The van der Waals surface area contributed by atoms with Gasteiger partial charge in [0.2, 0.25) is 0 Å². The number of carbonyl (C=O) groups is 2. The lowest BCUT2D eigenvalue weighted by Crippen LogP contribution is -1.99. The Bertz CT molecular complexity index is 458. The highest BCUT2D eigenvalue weighted by Crippen LogP contribution is 2.06. The minimum Gasteiger partial charge on any atom is -0.478 e. The minimum absolute atomic E-state index is 0.339. The van der Waals surface area contributed by atoms with Crippen molar-refractivity contribution in [1.82, 2.24) is 0 Å². The summed E-state index contributed by atoms with van der Waals surface area (Å²) in [6, 6.07) is 6.75. The van der Waals surface area contributed by atoms with Gasteiger partial charge < -0.3 is 10.2 Å². The Kier molecular flexibility index (Phi) is 14.0. The molecule has 0 aliphatic carbocycles. The standard InChI is InChI=1S/C8H8O2.C8H14O2.C2H6/c1-6-2-4-7(5-3-6)8(9)10;1-3-5-6-7(4-2)8(9)10;1-2/h2-5H,1H3,(H,9,10);4H,3,5-6H2,1-2H3,(H,9,10);1-2H3/b;7-4+;. The van der Waals surface area contributed by atoms with E-state index in [1.807, 2.05) is 20.8 Å². The quantitative estimate of drug-likeness (QED) is 0.756. The molecule has 0 bridgehead atoms. The maximum absolute atomic E-state index is 10.4. The van der Waals surface area contributed by atoms with E-state index in [0.29, 0.717) is 17.6 Å². The molecule has 22 heavy (non-hydrogen) atoms. The molecule has 4 heteroatoms. The molecular weight excluding hydrogens is 280 g/mol. The van der Waals surface area contributed by atoms with Crippen molar-refractivity contribution in [3.05, 3.63) is 47.0 Å². The number of aryl methyl sites for hydroxylation is 1. The van der Waals surface area contributed by atoms with Crippen molar-refractivity contribution in [3.8, 4) is 0 Å². The third-order valence-electron chi connectivity index (χ3n) is 2.72. The second-order valence-corrected chi connectivity index (χ2v) is 4.39. The van der Waals surface area contributed by atoms with E-state index in [1.54, 1.807) is 37.3 Å². The zero-order chi connectivity index (χ0) is 17.5. The molecule has 0 aromatic heterocycles. The fourth-order valence-electron chi connectivity index (χ4n) is 1.44. The first kappa shape index (κ1) is 22.2. The Morgan fingerprint density at radius 1 is 1.09 bits per heavy atom. The smallest absolute Gasteiger partial charge is 0.335 e. The van der Waals surface area contributed by atoms with Crippen LogP contribution in [0.1, 0.15) is 62.9 Å². The van der Waals surface area contributed by atoms with Crippen LogP contribution in [0.15, 0.2) is 35.9 Å². The third kappa shape index (κ3) is 10.7. The molecule has 0 amide bonds. The molecule has 0 spiro atoms. The number of aliphatic carboxylic acids is 1. The minimum atomic E-state index is -0.875. The van der Waals surface area contributed by atoms with Crippen LogP contribution in [0.2, 0.25) is 0 Å². The number of rotatable bonds is 5. The average molecular weight is 308 g/mol. The molecule has 0 radical (unpaired) electrons. The van der Waals surface area contributed by atoms with E-state index in [0.717, 1.165) is 18.4 Å². The summed E-state index contributed by atoms with van der Waals surface area (Å²) in [6.45, 7) is 9.74. The topological polar surface area (TPSA) is 74.6 Å². The molecule has 4 nitrogen and oxygen atoms in total. The van der Waals surface area contributed by atoms with Crippen molar-refractivity contribution < 1.29 is 19.8 Å². The van der Waals surface area contributed by atoms with Gasteiger partial charge in [0.1, 0.15) is 0 Å². The van der Waals surface area contributed by atoms with Gasteiger partial charge in [-0.05, 0) is 38.8 Å². The van der Waals surface area contributed by atoms with Gasteiger partial charge in [-0.3, -0.25) is 0 Å². The number of benzene rings is 1. The first-order chi connectivity index (χ1) is 10.4. The van der Waals surface area contributed by atoms with Crippen molar-refractivity contribution in [2.24, 2.45) is 0 Å². The Balaban J connectivity index is 0. The van der Waals surface area contributed by atoms with Crippen LogP contribution in [0.5, 0.6) is 0 Å². The molecule has 2 N–H and O–H groups in total. The molecule has 124 valence electrons. The molecule has 0 aliphatic heterocycles. The zero-order valence-electron chi connectivity index (χ0n) is 14.2. The summed E-state index contributed by atoms with van der Waals surface area (Å²) in [5.74, 6) is -1.66. The summed E-state index contributed by atoms with van der Waals surface area (Å²) in [6.07, 6.45) is 4.37. The summed E-state index contributed by atoms with van der Waals surface area (Å²) in [7, 11) is 0. The van der Waals surface area contributed by atoms with E-state index in [4.69, 9.17) is 10.2 Å². The van der Waals surface area contributed by atoms with Gasteiger partial charge in [0.25, 0.3) is 0 Å². The molecule has 0 aliphatic rings. The third-order valence-corrected chi connectivity index (χ3v) is 2.72. The molecule has 1 rings (SSSR count). The van der Waals surface area contributed by atoms with Crippen LogP contribution >= 0.6 is 0 Å². The first-order valence-electron chi connectivity index (χ1n) is 7.60. The highest BCUT2D eigenvalue weighted by molar-refractivity contribution is 5.87. The van der Waals surface area contributed by atoms with Crippen LogP contribution in [-0.2, 0) is 4.79 Å². The normalized spacial score (nSPS) is 9.77. The summed E-state index contributed by atoms with van der Waals surface area (Å²) < 4.78 is 0. The number of hydrogen-bond donors (Lipinski definition) is 2. The Morgan fingerprint density at radius 2 is 1.59 bits per heavy atom. The number of unbranched alkanes of at least 4 members (excludes halogenated alkanes) is 1. The number of carboxylic acid groups (broad SMARTS) is 2. The lowest BCUT2D eigenvalue weighted by Gasteiger charge is -1.97. The van der Waals surface area contributed by atoms with Crippen molar-refractivity contribution in [2.75, 3.05) is 0 Å². The summed E-state index contributed by atoms with van der Waals surface area (Å²) in [4.78, 5) is 20.7. The molecule has 1 aromatic rings. The number of allylic oxidation sites excluding steroid dienone is 1. The van der Waals surface area contributed by atoms with Crippen LogP contribution < -0.4 is 0 Å². The van der Waals surface area contributed by atoms with Gasteiger partial charge in [-0.15, -0.1) is 0 Å². The second-order valence-electron chi connectivity index (χ2n) is 4.39. The average Bonchev–Trinajstić information content (AvgIpc) is 2.51. The fraction of sp³-hybridized carbons (Fsp3) is 0.444. The largest absolute Gasteiger partial charge is 0.478 e. The summed E-state index contributed by atoms with van der Waals surface area (Å²) in [5, 5.41) is 17.0. The molecule has 0 heterocycles. The van der Waals surface area contributed by atoms with Gasteiger partial charge >= 0.3 is 11.9 Å². The van der Waals surface area contributed by atoms with Gasteiger partial charge in [-0.25, -0.2) is 9.59 Å². The van der Waals surface area contributed by atoms with E-state index in [1.165, 1.54) is 0 Å². The Labute approximate surface area is 133 Å². The van der Waals surface area contributed by atoms with Gasteiger partial charge in [0, 0.05) is 5.57 Å². The van der Waals surface area contributed by atoms with Crippen LogP contribution in [-0.4, -0.2) is 22.2 Å². The summed E-state index contributed by atoms with van der Waals surface area (Å²) in [5.41, 5.74) is 1.94. The van der Waals surface area contributed by atoms with Crippen LogP contribution in [0.3, 0.4) is 0 Å². The maximum Gasteiger partial charge on any atom is 0.335 e. The van der Waals surface area contributed by atoms with Crippen molar-refractivity contribution in [2.45, 2.75) is 53.9 Å². The predicted molar refractivity (Wildman–Crippen MR) is 90.4 cm³/mol. The lowest BCUT2D eigenvalue weighted by atomic mass is 10.1. The van der Waals surface area contributed by atoms with Crippen molar-refractivity contribution >= 4 is 11.9 Å². The van der Waals surface area contributed by atoms with E-state index < -0.39 is 11.9 Å². The van der Waals surface area contributed by atoms with E-state index in [-0.39, 0.29) is 0 Å². The van der Waals surface area contributed by atoms with Crippen LogP contribution in [0.25, 0.3) is 0 Å². The maximum atomic E-state index is 10.4. The van der Waals surface area contributed by atoms with Gasteiger partial charge in [0.05, 0.1) is 5.56 Å². The molecule has 0 saturated carbocycles. The van der Waals surface area contributed by atoms with Gasteiger partial charge in [-0.2, -0.15) is 0 Å². The predicted octanol–water partition coefficient (Wildman–Crippen LogP) is 4.93. The fourth-order valence-corrected chi connectivity index (χ4v) is 1.44. The lowest BCUT2D eigenvalue weighted by molar-refractivity contribution is -0.132. The van der Waals surface area contributed by atoms with Gasteiger partial charge in [0.15, 0.2) is 0 Å². The second kappa shape index (κ2) is 13.9. The van der Waals surface area contributed by atoms with E-state index >= 15 is 0 Å². The van der Waals surface area contributed by atoms with Gasteiger partial charge in [-0.1, -0.05) is 51.0 Å². The number of hydrogen-bond acceptors (Lipinski definition) is 2. The highest BCUT2D eigenvalue weighted by Gasteiger charge is 2.03. The van der Waals surface area contributed by atoms with E-state index in [9.17, 15) is 9.59 Å². The van der Waals surface area contributed by atoms with E-state index in [2.05, 4.69) is 6.92 Å². The monoisotopic (exact) mass is 308 g/mol. The number of carboxylic acids is 2. The Morgan fingerprint density at radius 3 is 1.91 bits per heavy atom.